The summed E-state index contributed by atoms with van der Waals surface area (Å²) in [7, 11) is 0. The van der Waals surface area contributed by atoms with Gasteiger partial charge in [-0.25, -0.2) is 0 Å². The molecule has 4 atom stereocenters. The van der Waals surface area contributed by atoms with Gasteiger partial charge in [0.05, 0.1) is 17.8 Å². The Balaban J connectivity index is 1.76. The smallest absolute Gasteiger partial charge is 0.241 e. The molecule has 2 aliphatic rings. The van der Waals surface area contributed by atoms with Crippen LogP contribution >= 0.6 is 0 Å². The number of pyridine rings is 1. The van der Waals surface area contributed by atoms with Crippen LogP contribution in [0.3, 0.4) is 0 Å². The molecule has 3 unspecified atom stereocenters. The Morgan fingerprint density at radius 3 is 2.95 bits per heavy atom. The molecule has 0 aromatic carbocycles. The van der Waals surface area contributed by atoms with E-state index in [0.717, 1.165) is 12.1 Å². The van der Waals surface area contributed by atoms with Gasteiger partial charge in [0.15, 0.2) is 0 Å². The van der Waals surface area contributed by atoms with E-state index in [1.165, 1.54) is 0 Å². The maximum atomic E-state index is 12.8. The van der Waals surface area contributed by atoms with Crippen LogP contribution in [0.4, 0.5) is 0 Å². The molecule has 0 bridgehead atoms. The van der Waals surface area contributed by atoms with Crippen LogP contribution in [0, 0.1) is 11.3 Å². The number of rotatable bonds is 3. The predicted molar refractivity (Wildman–Crippen MR) is 79.3 cm³/mol. The van der Waals surface area contributed by atoms with Crippen molar-refractivity contribution < 1.29 is 9.53 Å². The summed E-state index contributed by atoms with van der Waals surface area (Å²) in [6.45, 7) is 6.66. The number of ether oxygens (including phenoxy) is 1. The molecule has 2 fully saturated rings. The standard InChI is InChI=1S/C16H23N3O2/c1-10(12-6-4-5-8-18-12)19-14(20)16(17)11-7-9-21-13(11)15(16,2)3/h4-6,8,10-11,13H,7,9,17H2,1-3H3,(H,19,20)/t10-,11?,13?,16?/m1/s1. The lowest BCUT2D eigenvalue weighted by Crippen LogP contribution is -2.80. The predicted octanol–water partition coefficient (Wildman–Crippen LogP) is 1.40. The monoisotopic (exact) mass is 289 g/mol. The lowest BCUT2D eigenvalue weighted by molar-refractivity contribution is -0.176. The van der Waals surface area contributed by atoms with Gasteiger partial charge in [0.1, 0.15) is 5.54 Å². The molecule has 3 rings (SSSR count). The van der Waals surface area contributed by atoms with Crippen molar-refractivity contribution in [3.63, 3.8) is 0 Å². The van der Waals surface area contributed by atoms with Gasteiger partial charge in [0, 0.05) is 24.1 Å². The van der Waals surface area contributed by atoms with Crippen molar-refractivity contribution in [2.24, 2.45) is 17.1 Å². The molecule has 1 amide bonds. The van der Waals surface area contributed by atoms with E-state index in [2.05, 4.69) is 10.3 Å². The van der Waals surface area contributed by atoms with Crippen molar-refractivity contribution in [2.45, 2.75) is 44.9 Å². The van der Waals surface area contributed by atoms with Gasteiger partial charge < -0.3 is 15.8 Å². The maximum absolute atomic E-state index is 12.8. The molecule has 1 saturated heterocycles. The lowest BCUT2D eigenvalue weighted by Gasteiger charge is -2.60. The van der Waals surface area contributed by atoms with Gasteiger partial charge in [-0.15, -0.1) is 0 Å². The Labute approximate surface area is 125 Å². The molecule has 21 heavy (non-hydrogen) atoms. The van der Waals surface area contributed by atoms with Crippen LogP contribution in [-0.4, -0.2) is 29.1 Å². The molecule has 0 radical (unpaired) electrons. The molecule has 5 heteroatoms. The second-order valence-corrected chi connectivity index (χ2v) is 6.73. The van der Waals surface area contributed by atoms with Crippen molar-refractivity contribution >= 4 is 5.91 Å². The minimum absolute atomic E-state index is 0.0957. The van der Waals surface area contributed by atoms with Crippen LogP contribution in [0.15, 0.2) is 24.4 Å². The van der Waals surface area contributed by atoms with Crippen molar-refractivity contribution in [3.05, 3.63) is 30.1 Å². The van der Waals surface area contributed by atoms with Crippen LogP contribution < -0.4 is 11.1 Å². The van der Waals surface area contributed by atoms with E-state index in [-0.39, 0.29) is 29.4 Å². The first-order valence-electron chi connectivity index (χ1n) is 7.51. The van der Waals surface area contributed by atoms with E-state index in [4.69, 9.17) is 10.5 Å². The van der Waals surface area contributed by atoms with E-state index in [0.29, 0.717) is 6.61 Å². The zero-order valence-electron chi connectivity index (χ0n) is 12.8. The van der Waals surface area contributed by atoms with Gasteiger partial charge in [-0.1, -0.05) is 19.9 Å². The van der Waals surface area contributed by atoms with E-state index in [9.17, 15) is 4.79 Å². The largest absolute Gasteiger partial charge is 0.377 e. The SMILES string of the molecule is C[C@@H](NC(=O)C1(N)C2CCOC2C1(C)C)c1ccccn1. The molecule has 2 heterocycles. The molecular weight excluding hydrogens is 266 g/mol. The van der Waals surface area contributed by atoms with Gasteiger partial charge in [-0.05, 0) is 25.5 Å². The first-order valence-corrected chi connectivity index (χ1v) is 7.51. The summed E-state index contributed by atoms with van der Waals surface area (Å²) in [6, 6.07) is 5.52. The van der Waals surface area contributed by atoms with Gasteiger partial charge in [0.2, 0.25) is 5.91 Å². The Bertz CT molecular complexity index is 546. The fourth-order valence-electron chi connectivity index (χ4n) is 3.87. The molecule has 1 saturated carbocycles. The first-order chi connectivity index (χ1) is 9.89. The number of carbonyl (C=O) groups excluding carboxylic acids is 1. The van der Waals surface area contributed by atoms with E-state index in [1.54, 1.807) is 6.20 Å². The zero-order valence-corrected chi connectivity index (χ0v) is 12.8. The molecule has 1 aromatic rings. The summed E-state index contributed by atoms with van der Waals surface area (Å²) in [5, 5.41) is 3.02. The Morgan fingerprint density at radius 2 is 2.29 bits per heavy atom. The summed E-state index contributed by atoms with van der Waals surface area (Å²) >= 11 is 0. The quantitative estimate of drug-likeness (QED) is 0.882. The molecule has 0 spiro atoms. The van der Waals surface area contributed by atoms with Gasteiger partial charge in [-0.2, -0.15) is 0 Å². The van der Waals surface area contributed by atoms with Crippen molar-refractivity contribution in [3.8, 4) is 0 Å². The second kappa shape index (κ2) is 4.78. The summed E-state index contributed by atoms with van der Waals surface area (Å²) in [6.07, 6.45) is 2.68. The number of hydrogen-bond acceptors (Lipinski definition) is 4. The Kier molecular flexibility index (Phi) is 3.30. The van der Waals surface area contributed by atoms with Gasteiger partial charge in [0.25, 0.3) is 0 Å². The Hall–Kier alpha value is -1.46. The second-order valence-electron chi connectivity index (χ2n) is 6.73. The molecule has 1 aliphatic heterocycles. The zero-order chi connectivity index (χ0) is 15.3. The highest BCUT2D eigenvalue weighted by Gasteiger charge is 2.71. The molecule has 5 nitrogen and oxygen atoms in total. The summed E-state index contributed by atoms with van der Waals surface area (Å²) < 4.78 is 5.73. The average molecular weight is 289 g/mol. The molecule has 1 aliphatic carbocycles. The number of hydrogen-bond donors (Lipinski definition) is 2. The third kappa shape index (κ3) is 1.91. The summed E-state index contributed by atoms with van der Waals surface area (Å²) in [5.41, 5.74) is 6.15. The van der Waals surface area contributed by atoms with E-state index >= 15 is 0 Å². The van der Waals surface area contributed by atoms with Crippen molar-refractivity contribution in [1.82, 2.24) is 10.3 Å². The van der Waals surface area contributed by atoms with E-state index in [1.807, 2.05) is 39.0 Å². The fraction of sp³-hybridized carbons (Fsp3) is 0.625. The van der Waals surface area contributed by atoms with Gasteiger partial charge >= 0.3 is 0 Å². The lowest BCUT2D eigenvalue weighted by atomic mass is 9.48. The molecule has 1 aromatic heterocycles. The fourth-order valence-corrected chi connectivity index (χ4v) is 3.87. The summed E-state index contributed by atoms with van der Waals surface area (Å²) in [4.78, 5) is 17.0. The normalized spacial score (nSPS) is 34.7. The number of fused-ring (bicyclic) bond motifs is 1. The Morgan fingerprint density at radius 1 is 1.52 bits per heavy atom. The van der Waals surface area contributed by atoms with Crippen LogP contribution in [0.25, 0.3) is 0 Å². The van der Waals surface area contributed by atoms with Crippen LogP contribution in [-0.2, 0) is 9.53 Å². The number of nitrogens with two attached hydrogens (primary N) is 1. The third-order valence-corrected chi connectivity index (χ3v) is 5.31. The minimum Gasteiger partial charge on any atom is -0.377 e. The average Bonchev–Trinajstić information content (AvgIpc) is 2.95. The molecular formula is C16H23N3O2. The van der Waals surface area contributed by atoms with Crippen molar-refractivity contribution in [1.29, 1.82) is 0 Å². The highest BCUT2D eigenvalue weighted by Crippen LogP contribution is 2.58. The van der Waals surface area contributed by atoms with Crippen LogP contribution in [0.5, 0.6) is 0 Å². The summed E-state index contributed by atoms with van der Waals surface area (Å²) in [5.74, 6) is 0.0147. The first kappa shape index (κ1) is 14.5. The topological polar surface area (TPSA) is 77.2 Å². The number of carbonyl (C=O) groups is 1. The van der Waals surface area contributed by atoms with Gasteiger partial charge in [-0.3, -0.25) is 9.78 Å². The minimum atomic E-state index is -0.864. The third-order valence-electron chi connectivity index (χ3n) is 5.31. The maximum Gasteiger partial charge on any atom is 0.241 e. The molecule has 114 valence electrons. The number of aromatic nitrogens is 1. The number of nitrogens with zero attached hydrogens (tertiary/aromatic N) is 1. The number of nitrogens with one attached hydrogen (secondary N) is 1. The highest BCUT2D eigenvalue weighted by molar-refractivity contribution is 5.89. The highest BCUT2D eigenvalue weighted by atomic mass is 16.5. The molecule has 3 N–H and O–H groups in total. The van der Waals surface area contributed by atoms with E-state index < -0.39 is 5.54 Å². The van der Waals surface area contributed by atoms with Crippen molar-refractivity contribution in [2.75, 3.05) is 6.61 Å². The van der Waals surface area contributed by atoms with Crippen LogP contribution in [0.2, 0.25) is 0 Å². The number of amides is 1. The van der Waals surface area contributed by atoms with Crippen LogP contribution in [0.1, 0.15) is 38.9 Å².